The quantitative estimate of drug-likeness (QED) is 0.354. The fraction of sp³-hybridized carbons (Fsp3) is 0. The van der Waals surface area contributed by atoms with Crippen LogP contribution in [0.1, 0.15) is 0 Å². The van der Waals surface area contributed by atoms with E-state index >= 15 is 0 Å². The normalized spacial score (nSPS) is 11.3. The fourth-order valence-corrected chi connectivity index (χ4v) is 4.80. The van der Waals surface area contributed by atoms with Gasteiger partial charge in [0.1, 0.15) is 0 Å². The van der Waals surface area contributed by atoms with E-state index < -0.39 is 0 Å². The van der Waals surface area contributed by atoms with Gasteiger partial charge in [-0.3, -0.25) is 9.97 Å². The van der Waals surface area contributed by atoms with Crippen LogP contribution in [0.4, 0.5) is 0 Å². The summed E-state index contributed by atoms with van der Waals surface area (Å²) in [5, 5.41) is 6.58. The van der Waals surface area contributed by atoms with Crippen molar-refractivity contribution in [3.8, 4) is 20.9 Å². The van der Waals surface area contributed by atoms with Gasteiger partial charge in [-0.05, 0) is 35.0 Å². The number of rotatable bonds is 2. The van der Waals surface area contributed by atoms with E-state index in [9.17, 15) is 0 Å². The summed E-state index contributed by atoms with van der Waals surface area (Å²) in [6.45, 7) is 0. The minimum atomic E-state index is 0.969. The fourth-order valence-electron chi connectivity index (χ4n) is 3.21. The van der Waals surface area contributed by atoms with Crippen LogP contribution in [0.5, 0.6) is 0 Å². The molecule has 5 aromatic rings. The lowest BCUT2D eigenvalue weighted by atomic mass is 9.94. The third kappa shape index (κ3) is 2.00. The summed E-state index contributed by atoms with van der Waals surface area (Å²) in [4.78, 5) is 11.8. The average Bonchev–Trinajstić information content (AvgIpc) is 3.34. The maximum absolute atomic E-state index is 4.65. The standard InChI is InChI=1S/C20H12N2S2/c1-5-13-17(15-7-3-11-23-15)18(16-8-4-12-24-16)14-6-2-10-22-20(14)19(13)21-9-1/h1-12H. The summed E-state index contributed by atoms with van der Waals surface area (Å²) in [6.07, 6.45) is 3.69. The Morgan fingerprint density at radius 2 is 1.08 bits per heavy atom. The van der Waals surface area contributed by atoms with Gasteiger partial charge in [-0.1, -0.05) is 24.3 Å². The van der Waals surface area contributed by atoms with Crippen molar-refractivity contribution >= 4 is 44.5 Å². The number of fused-ring (bicyclic) bond motifs is 3. The lowest BCUT2D eigenvalue weighted by Crippen LogP contribution is -1.92. The molecule has 0 aliphatic rings. The van der Waals surface area contributed by atoms with Gasteiger partial charge < -0.3 is 0 Å². The number of nitrogens with zero attached hydrogens (tertiary/aromatic N) is 2. The SMILES string of the molecule is c1csc(-c2c(-c3cccs3)c3cccnc3c3ncccc23)c1. The summed E-state index contributed by atoms with van der Waals surface area (Å²) in [5.74, 6) is 0. The molecule has 0 spiro atoms. The summed E-state index contributed by atoms with van der Waals surface area (Å²) < 4.78 is 0. The third-order valence-electron chi connectivity index (χ3n) is 4.16. The molecule has 114 valence electrons. The molecule has 5 rings (SSSR count). The predicted molar refractivity (Wildman–Crippen MR) is 104 cm³/mol. The molecule has 1 aromatic carbocycles. The molecule has 4 heterocycles. The van der Waals surface area contributed by atoms with Gasteiger partial charge in [0, 0.05) is 44.0 Å². The number of pyridine rings is 2. The molecule has 0 N–H and O–H groups in total. The molecular formula is C20H12N2S2. The Kier molecular flexibility index (Phi) is 3.18. The molecular weight excluding hydrogens is 332 g/mol. The summed E-state index contributed by atoms with van der Waals surface area (Å²) in [5.41, 5.74) is 4.46. The molecule has 0 amide bonds. The largest absolute Gasteiger partial charge is 0.254 e. The van der Waals surface area contributed by atoms with Crippen LogP contribution < -0.4 is 0 Å². The van der Waals surface area contributed by atoms with Crippen molar-refractivity contribution in [2.75, 3.05) is 0 Å². The highest BCUT2D eigenvalue weighted by molar-refractivity contribution is 7.14. The average molecular weight is 344 g/mol. The minimum absolute atomic E-state index is 0.969. The van der Waals surface area contributed by atoms with Crippen LogP contribution >= 0.6 is 22.7 Å². The van der Waals surface area contributed by atoms with E-state index in [1.54, 1.807) is 22.7 Å². The number of benzene rings is 1. The van der Waals surface area contributed by atoms with Crippen molar-refractivity contribution in [1.29, 1.82) is 0 Å². The first-order chi connectivity index (χ1) is 11.9. The van der Waals surface area contributed by atoms with Gasteiger partial charge >= 0.3 is 0 Å². The van der Waals surface area contributed by atoms with E-state index in [4.69, 9.17) is 0 Å². The molecule has 0 saturated carbocycles. The second kappa shape index (κ2) is 5.51. The highest BCUT2D eigenvalue weighted by atomic mass is 32.1. The second-order valence-electron chi connectivity index (χ2n) is 5.50. The molecule has 0 bridgehead atoms. The van der Waals surface area contributed by atoms with Crippen LogP contribution in [0, 0.1) is 0 Å². The van der Waals surface area contributed by atoms with Crippen molar-refractivity contribution < 1.29 is 0 Å². The molecule has 0 radical (unpaired) electrons. The van der Waals surface area contributed by atoms with E-state index in [-0.39, 0.29) is 0 Å². The zero-order chi connectivity index (χ0) is 15.9. The maximum atomic E-state index is 4.65. The van der Waals surface area contributed by atoms with Crippen LogP contribution in [0.25, 0.3) is 42.7 Å². The molecule has 0 saturated heterocycles. The molecule has 0 unspecified atom stereocenters. The lowest BCUT2D eigenvalue weighted by Gasteiger charge is -2.14. The van der Waals surface area contributed by atoms with E-state index in [0.717, 1.165) is 21.8 Å². The van der Waals surface area contributed by atoms with Crippen LogP contribution in [0.15, 0.2) is 71.7 Å². The zero-order valence-electron chi connectivity index (χ0n) is 12.6. The van der Waals surface area contributed by atoms with Crippen molar-refractivity contribution in [1.82, 2.24) is 9.97 Å². The highest BCUT2D eigenvalue weighted by Crippen LogP contribution is 2.45. The van der Waals surface area contributed by atoms with Gasteiger partial charge in [-0.15, -0.1) is 22.7 Å². The zero-order valence-corrected chi connectivity index (χ0v) is 14.3. The smallest absolute Gasteiger partial charge is 0.0971 e. The van der Waals surface area contributed by atoms with Crippen molar-refractivity contribution in [3.63, 3.8) is 0 Å². The monoisotopic (exact) mass is 344 g/mol. The van der Waals surface area contributed by atoms with E-state index in [1.807, 2.05) is 24.5 Å². The summed E-state index contributed by atoms with van der Waals surface area (Å²) in [6, 6.07) is 16.9. The number of hydrogen-bond acceptors (Lipinski definition) is 4. The number of aromatic nitrogens is 2. The molecule has 4 heteroatoms. The van der Waals surface area contributed by atoms with Gasteiger partial charge in [-0.2, -0.15) is 0 Å². The van der Waals surface area contributed by atoms with Crippen molar-refractivity contribution in [3.05, 3.63) is 71.7 Å². The first-order valence-corrected chi connectivity index (χ1v) is 9.42. The summed E-state index contributed by atoms with van der Waals surface area (Å²) >= 11 is 3.53. The number of hydrogen-bond donors (Lipinski definition) is 0. The highest BCUT2D eigenvalue weighted by Gasteiger charge is 2.19. The van der Waals surface area contributed by atoms with Gasteiger partial charge in [-0.25, -0.2) is 0 Å². The third-order valence-corrected chi connectivity index (χ3v) is 5.94. The first-order valence-electron chi connectivity index (χ1n) is 7.66. The lowest BCUT2D eigenvalue weighted by molar-refractivity contribution is 1.38. The molecule has 0 aliphatic heterocycles. The van der Waals surface area contributed by atoms with Crippen LogP contribution in [-0.4, -0.2) is 9.97 Å². The van der Waals surface area contributed by atoms with Crippen molar-refractivity contribution in [2.45, 2.75) is 0 Å². The van der Waals surface area contributed by atoms with E-state index in [2.05, 4.69) is 57.1 Å². The molecule has 2 nitrogen and oxygen atoms in total. The Morgan fingerprint density at radius 1 is 0.583 bits per heavy atom. The van der Waals surface area contributed by atoms with Crippen molar-refractivity contribution in [2.24, 2.45) is 0 Å². The Bertz CT molecular complexity index is 1050. The van der Waals surface area contributed by atoms with Crippen LogP contribution in [0.3, 0.4) is 0 Å². The van der Waals surface area contributed by atoms with Gasteiger partial charge in [0.15, 0.2) is 0 Å². The molecule has 0 aliphatic carbocycles. The minimum Gasteiger partial charge on any atom is -0.254 e. The first kappa shape index (κ1) is 13.8. The van der Waals surface area contributed by atoms with E-state index in [1.165, 1.54) is 20.9 Å². The Labute approximate surface area is 147 Å². The van der Waals surface area contributed by atoms with Crippen LogP contribution in [-0.2, 0) is 0 Å². The Morgan fingerprint density at radius 3 is 1.50 bits per heavy atom. The summed E-state index contributed by atoms with van der Waals surface area (Å²) in [7, 11) is 0. The Balaban J connectivity index is 2.08. The molecule has 0 atom stereocenters. The van der Waals surface area contributed by atoms with Gasteiger partial charge in [0.25, 0.3) is 0 Å². The van der Waals surface area contributed by atoms with Gasteiger partial charge in [0.2, 0.25) is 0 Å². The predicted octanol–water partition coefficient (Wildman–Crippen LogP) is 6.24. The topological polar surface area (TPSA) is 25.8 Å². The Hall–Kier alpha value is -2.56. The molecule has 0 fully saturated rings. The van der Waals surface area contributed by atoms with Gasteiger partial charge in [0.05, 0.1) is 11.0 Å². The van der Waals surface area contributed by atoms with Crippen LogP contribution in [0.2, 0.25) is 0 Å². The maximum Gasteiger partial charge on any atom is 0.0971 e. The molecule has 24 heavy (non-hydrogen) atoms. The van der Waals surface area contributed by atoms with E-state index in [0.29, 0.717) is 0 Å². The molecule has 4 aromatic heterocycles. The number of thiophene rings is 2. The second-order valence-corrected chi connectivity index (χ2v) is 7.40.